The number of nitrogens with zero attached hydrogens (tertiary/aromatic N) is 4. The van der Waals surface area contributed by atoms with Crippen molar-refractivity contribution in [2.75, 3.05) is 20.6 Å². The van der Waals surface area contributed by atoms with E-state index in [-0.39, 0.29) is 0 Å². The van der Waals surface area contributed by atoms with Gasteiger partial charge in [0.05, 0.1) is 18.7 Å². The Labute approximate surface area is 196 Å². The molecule has 1 saturated heterocycles. The first-order chi connectivity index (χ1) is 16.0. The third-order valence-corrected chi connectivity index (χ3v) is 4.94. The number of carbonyl (C=O) groups is 2. The Balaban J connectivity index is 0.000000362. The average Bonchev–Trinajstić information content (AvgIpc) is 3.45. The monoisotopic (exact) mass is 516 g/mol. The molecule has 0 amide bonds. The number of alkyl halides is 6. The molecule has 0 radical (unpaired) electrons. The van der Waals surface area contributed by atoms with Gasteiger partial charge >= 0.3 is 24.3 Å². The van der Waals surface area contributed by atoms with Gasteiger partial charge in [-0.25, -0.2) is 9.59 Å². The Kier molecular flexibility index (Phi) is 10.8. The second-order valence-electron chi connectivity index (χ2n) is 7.82. The number of carboxylic acids is 2. The fourth-order valence-corrected chi connectivity index (χ4v) is 3.40. The van der Waals surface area contributed by atoms with Crippen molar-refractivity contribution in [1.29, 1.82) is 0 Å². The predicted molar refractivity (Wildman–Crippen MR) is 109 cm³/mol. The number of carboxylic acid groups (broad SMARTS) is 2. The number of aliphatic carboxylic acids is 2. The van der Waals surface area contributed by atoms with Crippen molar-refractivity contribution in [3.63, 3.8) is 0 Å². The number of furan rings is 1. The zero-order valence-electron chi connectivity index (χ0n) is 19.0. The third-order valence-electron chi connectivity index (χ3n) is 4.94. The number of aromatic nitrogens is 2. The van der Waals surface area contributed by atoms with Gasteiger partial charge in [0, 0.05) is 44.0 Å². The highest BCUT2D eigenvalue weighted by atomic mass is 19.4. The van der Waals surface area contributed by atoms with Crippen LogP contribution >= 0.6 is 0 Å². The van der Waals surface area contributed by atoms with Crippen molar-refractivity contribution in [2.45, 2.75) is 43.8 Å². The summed E-state index contributed by atoms with van der Waals surface area (Å²) < 4.78 is 70.6. The summed E-state index contributed by atoms with van der Waals surface area (Å²) in [6.07, 6.45) is -0.179. The number of rotatable bonds is 5. The smallest absolute Gasteiger partial charge is 0.475 e. The maximum atomic E-state index is 10.6. The first-order valence-corrected chi connectivity index (χ1v) is 10.0. The largest absolute Gasteiger partial charge is 0.490 e. The summed E-state index contributed by atoms with van der Waals surface area (Å²) in [6.45, 7) is 2.10. The standard InChI is InChI=1S/C16H24N4O.2C2HF3O2/c1-18(2)15-4-6-20(11-13-5-7-21-12-13)16(15)8-14-9-17-19(3)10-14;2*3-2(4,5)1(6)7/h5,7,9-10,12,15-16H,4,6,8,11H2,1-3H3;2*(H,6,7)/t15-,16+;;/m1../s1. The van der Waals surface area contributed by atoms with Gasteiger partial charge in [-0.15, -0.1) is 0 Å². The van der Waals surface area contributed by atoms with E-state index >= 15 is 0 Å². The summed E-state index contributed by atoms with van der Waals surface area (Å²) in [5, 5.41) is 18.5. The molecule has 0 unspecified atom stereocenters. The summed E-state index contributed by atoms with van der Waals surface area (Å²) in [7, 11) is 6.34. The van der Waals surface area contributed by atoms with E-state index in [0.29, 0.717) is 12.1 Å². The van der Waals surface area contributed by atoms with Crippen LogP contribution in [0.5, 0.6) is 0 Å². The van der Waals surface area contributed by atoms with Crippen LogP contribution in [0.25, 0.3) is 0 Å². The lowest BCUT2D eigenvalue weighted by Crippen LogP contribution is -2.43. The van der Waals surface area contributed by atoms with Crippen LogP contribution in [0.1, 0.15) is 17.5 Å². The van der Waals surface area contributed by atoms with Crippen LogP contribution in [-0.4, -0.2) is 86.8 Å². The highest BCUT2D eigenvalue weighted by molar-refractivity contribution is 5.73. The Morgan fingerprint density at radius 2 is 1.66 bits per heavy atom. The van der Waals surface area contributed by atoms with Gasteiger partial charge in [0.2, 0.25) is 0 Å². The molecular weight excluding hydrogens is 490 g/mol. The molecule has 2 aromatic heterocycles. The van der Waals surface area contributed by atoms with Gasteiger partial charge in [0.15, 0.2) is 0 Å². The summed E-state index contributed by atoms with van der Waals surface area (Å²) in [5.74, 6) is -5.51. The molecule has 1 fully saturated rings. The molecular formula is C20H26F6N4O5. The molecule has 0 saturated carbocycles. The molecule has 9 nitrogen and oxygen atoms in total. The zero-order chi connectivity index (χ0) is 27.0. The molecule has 0 spiro atoms. The second kappa shape index (κ2) is 12.6. The predicted octanol–water partition coefficient (Wildman–Crippen LogP) is 3.03. The number of halogens is 6. The highest BCUT2D eigenvalue weighted by Gasteiger charge is 2.39. The van der Waals surface area contributed by atoms with Crippen LogP contribution in [0.2, 0.25) is 0 Å². The van der Waals surface area contributed by atoms with Crippen LogP contribution in [0, 0.1) is 0 Å². The second-order valence-corrected chi connectivity index (χ2v) is 7.82. The van der Waals surface area contributed by atoms with E-state index in [0.717, 1.165) is 19.5 Å². The molecule has 0 bridgehead atoms. The van der Waals surface area contributed by atoms with E-state index in [4.69, 9.17) is 24.2 Å². The molecule has 2 atom stereocenters. The van der Waals surface area contributed by atoms with Gasteiger partial charge in [0.25, 0.3) is 0 Å². The van der Waals surface area contributed by atoms with Crippen molar-refractivity contribution in [2.24, 2.45) is 7.05 Å². The fourth-order valence-electron chi connectivity index (χ4n) is 3.40. The van der Waals surface area contributed by atoms with Crippen LogP contribution in [0.15, 0.2) is 35.4 Å². The van der Waals surface area contributed by atoms with E-state index in [1.54, 1.807) is 6.26 Å². The molecule has 15 heteroatoms. The minimum absolute atomic E-state index is 0.527. The van der Waals surface area contributed by atoms with Gasteiger partial charge in [-0.2, -0.15) is 31.4 Å². The molecule has 198 valence electrons. The zero-order valence-corrected chi connectivity index (χ0v) is 19.0. The van der Waals surface area contributed by atoms with Crippen molar-refractivity contribution in [1.82, 2.24) is 19.6 Å². The maximum Gasteiger partial charge on any atom is 0.490 e. The normalized spacial score (nSPS) is 18.5. The van der Waals surface area contributed by atoms with E-state index in [2.05, 4.69) is 41.3 Å². The maximum absolute atomic E-state index is 10.6. The van der Waals surface area contributed by atoms with Crippen LogP contribution < -0.4 is 0 Å². The van der Waals surface area contributed by atoms with Crippen molar-refractivity contribution in [3.8, 4) is 0 Å². The first-order valence-electron chi connectivity index (χ1n) is 10.0. The van der Waals surface area contributed by atoms with Crippen molar-refractivity contribution >= 4 is 11.9 Å². The van der Waals surface area contributed by atoms with E-state index < -0.39 is 24.3 Å². The van der Waals surface area contributed by atoms with Gasteiger partial charge in [-0.3, -0.25) is 9.58 Å². The molecule has 1 aliphatic rings. The minimum Gasteiger partial charge on any atom is -0.475 e. The van der Waals surface area contributed by atoms with Crippen molar-refractivity contribution in [3.05, 3.63) is 42.1 Å². The van der Waals surface area contributed by atoms with E-state index in [1.165, 1.54) is 17.5 Å². The number of likely N-dealkylation sites (tertiary alicyclic amines) is 1. The van der Waals surface area contributed by atoms with Gasteiger partial charge < -0.3 is 19.5 Å². The van der Waals surface area contributed by atoms with E-state index in [1.807, 2.05) is 24.2 Å². The molecule has 35 heavy (non-hydrogen) atoms. The lowest BCUT2D eigenvalue weighted by atomic mass is 10.0. The van der Waals surface area contributed by atoms with Crippen LogP contribution in [-0.2, 0) is 29.6 Å². The molecule has 0 aliphatic carbocycles. The molecule has 2 aromatic rings. The fraction of sp³-hybridized carbons (Fsp3) is 0.550. The Morgan fingerprint density at radius 3 is 2.03 bits per heavy atom. The first kappa shape index (κ1) is 30.0. The Morgan fingerprint density at radius 1 is 1.11 bits per heavy atom. The van der Waals surface area contributed by atoms with Gasteiger partial charge in [-0.05, 0) is 38.6 Å². The molecule has 1 aliphatic heterocycles. The number of hydrogen-bond acceptors (Lipinski definition) is 6. The molecule has 0 aromatic carbocycles. The average molecular weight is 516 g/mol. The Bertz CT molecular complexity index is 903. The summed E-state index contributed by atoms with van der Waals surface area (Å²) in [4.78, 5) is 22.7. The lowest BCUT2D eigenvalue weighted by Gasteiger charge is -2.31. The molecule has 3 heterocycles. The van der Waals surface area contributed by atoms with Crippen molar-refractivity contribution < 1.29 is 50.6 Å². The number of aryl methyl sites for hydroxylation is 1. The summed E-state index contributed by atoms with van der Waals surface area (Å²) in [6, 6.07) is 3.18. The van der Waals surface area contributed by atoms with E-state index in [9.17, 15) is 26.3 Å². The lowest BCUT2D eigenvalue weighted by molar-refractivity contribution is -0.193. The minimum atomic E-state index is -5.08. The SMILES string of the molecule is CN(C)[C@@H]1CCN(Cc2ccoc2)[C@H]1Cc1cnn(C)c1.O=C(O)C(F)(F)F.O=C(O)C(F)(F)F. The van der Waals surface area contributed by atoms with Gasteiger partial charge in [0.1, 0.15) is 0 Å². The Hall–Kier alpha value is -3.07. The topological polar surface area (TPSA) is 112 Å². The summed E-state index contributed by atoms with van der Waals surface area (Å²) in [5.41, 5.74) is 2.57. The molecule has 2 N–H and O–H groups in total. The van der Waals surface area contributed by atoms with Crippen LogP contribution in [0.3, 0.4) is 0 Å². The summed E-state index contributed by atoms with van der Waals surface area (Å²) >= 11 is 0. The highest BCUT2D eigenvalue weighted by Crippen LogP contribution is 2.26. The van der Waals surface area contributed by atoms with Gasteiger partial charge in [-0.1, -0.05) is 0 Å². The number of likely N-dealkylation sites (N-methyl/N-ethyl adjacent to an activating group) is 1. The third kappa shape index (κ3) is 10.4. The van der Waals surface area contributed by atoms with Crippen LogP contribution in [0.4, 0.5) is 26.3 Å². The number of hydrogen-bond donors (Lipinski definition) is 2. The molecule has 3 rings (SSSR count). The quantitative estimate of drug-likeness (QED) is 0.584.